The van der Waals surface area contributed by atoms with Gasteiger partial charge in [0.2, 0.25) is 14.9 Å². The molecule has 2 aliphatic carbocycles. The Morgan fingerprint density at radius 3 is 2.48 bits per heavy atom. The normalized spacial score (nSPS) is 17.1. The lowest BCUT2D eigenvalue weighted by Gasteiger charge is -2.29. The van der Waals surface area contributed by atoms with E-state index in [1.165, 1.54) is 41.9 Å². The maximum absolute atomic E-state index is 13.0. The van der Waals surface area contributed by atoms with Crippen LogP contribution in [-0.2, 0) is 44.9 Å². The number of hydrogen-bond acceptors (Lipinski definition) is 5. The number of benzene rings is 1. The minimum absolute atomic E-state index is 0.0191. The van der Waals surface area contributed by atoms with Crippen molar-refractivity contribution >= 4 is 15.6 Å². The number of carbonyl (C=O) groups excluding carboxylic acids is 1. The largest absolute Gasteiger partial charge is 0.453 e. The molecule has 1 N–H and O–H groups in total. The zero-order valence-corrected chi connectivity index (χ0v) is 19.6. The lowest BCUT2D eigenvalue weighted by Crippen LogP contribution is -2.25. The molecule has 4 rings (SSSR count). The van der Waals surface area contributed by atoms with Crippen molar-refractivity contribution in [3.8, 4) is 0 Å². The molecule has 2 aromatic rings. The molecule has 31 heavy (non-hydrogen) atoms. The van der Waals surface area contributed by atoms with Gasteiger partial charge in [0, 0.05) is 18.1 Å². The molecule has 0 saturated heterocycles. The van der Waals surface area contributed by atoms with Gasteiger partial charge in [0.1, 0.15) is 5.75 Å². The van der Waals surface area contributed by atoms with Crippen LogP contribution in [-0.4, -0.2) is 25.1 Å². The van der Waals surface area contributed by atoms with Crippen LogP contribution in [0.5, 0.6) is 0 Å². The summed E-state index contributed by atoms with van der Waals surface area (Å²) in [5, 5.41) is 9.80. The van der Waals surface area contributed by atoms with Gasteiger partial charge in [0.05, 0.1) is 11.9 Å². The van der Waals surface area contributed by atoms with Gasteiger partial charge in [-0.05, 0) is 79.5 Å². The number of ketones is 1. The maximum Gasteiger partial charge on any atom is 0.218 e. The molecule has 1 saturated carbocycles. The SMILES string of the molecule is CC(C)(O)c1coc(S(=O)(=O)CC(=O)Cc2c(C(C)(C)C3CC3)ccc3c2CCC3)c1. The molecule has 0 spiro atoms. The topological polar surface area (TPSA) is 84.6 Å². The first kappa shape index (κ1) is 22.3. The van der Waals surface area contributed by atoms with Gasteiger partial charge in [-0.2, -0.15) is 0 Å². The highest BCUT2D eigenvalue weighted by Gasteiger charge is 2.41. The molecule has 1 aromatic carbocycles. The molecule has 5 nitrogen and oxygen atoms in total. The Morgan fingerprint density at radius 1 is 1.16 bits per heavy atom. The predicted molar refractivity (Wildman–Crippen MR) is 119 cm³/mol. The highest BCUT2D eigenvalue weighted by molar-refractivity contribution is 7.92. The standard InChI is InChI=1S/C25H32O5S/c1-24(2,17-9-10-17)22-11-8-16-6-5-7-20(16)21(22)13-19(26)15-31(28,29)23-12-18(14-30-23)25(3,4)27/h8,11-12,14,17,27H,5-7,9-10,13,15H2,1-4H3. The molecule has 0 unspecified atom stereocenters. The van der Waals surface area contributed by atoms with Crippen LogP contribution in [0.4, 0.5) is 0 Å². The maximum atomic E-state index is 13.0. The van der Waals surface area contributed by atoms with E-state index in [9.17, 15) is 18.3 Å². The predicted octanol–water partition coefficient (Wildman–Crippen LogP) is 4.27. The molecule has 2 aliphatic rings. The first-order chi connectivity index (χ1) is 14.4. The number of carbonyl (C=O) groups is 1. The lowest BCUT2D eigenvalue weighted by atomic mass is 9.75. The summed E-state index contributed by atoms with van der Waals surface area (Å²) in [6.45, 7) is 7.59. The molecule has 6 heteroatoms. The fourth-order valence-electron chi connectivity index (χ4n) is 4.91. The van der Waals surface area contributed by atoms with E-state index in [2.05, 4.69) is 26.0 Å². The van der Waals surface area contributed by atoms with E-state index in [0.29, 0.717) is 11.5 Å². The quantitative estimate of drug-likeness (QED) is 0.657. The van der Waals surface area contributed by atoms with Crippen LogP contribution in [0.15, 0.2) is 34.0 Å². The fraction of sp³-hybridized carbons (Fsp3) is 0.560. The van der Waals surface area contributed by atoms with Crippen molar-refractivity contribution in [3.63, 3.8) is 0 Å². The second-order valence-corrected chi connectivity index (χ2v) is 12.2. The second-order valence-electron chi connectivity index (χ2n) is 10.3. The van der Waals surface area contributed by atoms with Gasteiger partial charge in [-0.3, -0.25) is 4.79 Å². The van der Waals surface area contributed by atoms with E-state index in [1.54, 1.807) is 13.8 Å². The zero-order valence-electron chi connectivity index (χ0n) is 18.8. The number of furan rings is 1. The van der Waals surface area contributed by atoms with Gasteiger partial charge in [-0.15, -0.1) is 0 Å². The van der Waals surface area contributed by atoms with Crippen LogP contribution in [0, 0.1) is 5.92 Å². The average Bonchev–Trinajstić information content (AvgIpc) is 3.19. The zero-order chi connectivity index (χ0) is 22.6. The van der Waals surface area contributed by atoms with Gasteiger partial charge < -0.3 is 9.52 Å². The number of fused-ring (bicyclic) bond motifs is 1. The van der Waals surface area contributed by atoms with Crippen molar-refractivity contribution < 1.29 is 22.7 Å². The smallest absolute Gasteiger partial charge is 0.218 e. The Bertz CT molecular complexity index is 1110. The number of sulfone groups is 1. The molecule has 1 aromatic heterocycles. The van der Waals surface area contributed by atoms with E-state index < -0.39 is 21.2 Å². The van der Waals surface area contributed by atoms with Gasteiger partial charge in [-0.1, -0.05) is 26.0 Å². The molecule has 0 radical (unpaired) electrons. The molecule has 0 atom stereocenters. The summed E-state index contributed by atoms with van der Waals surface area (Å²) in [5.74, 6) is -0.305. The van der Waals surface area contributed by atoms with Gasteiger partial charge >= 0.3 is 0 Å². The van der Waals surface area contributed by atoms with E-state index in [4.69, 9.17) is 4.42 Å². The first-order valence-electron chi connectivity index (χ1n) is 11.1. The van der Waals surface area contributed by atoms with Gasteiger partial charge in [0.25, 0.3) is 0 Å². The summed E-state index contributed by atoms with van der Waals surface area (Å²) in [6.07, 6.45) is 6.82. The molecule has 0 bridgehead atoms. The summed E-state index contributed by atoms with van der Waals surface area (Å²) < 4.78 is 30.8. The van der Waals surface area contributed by atoms with Crippen molar-refractivity contribution in [2.75, 3.05) is 5.75 Å². The minimum Gasteiger partial charge on any atom is -0.453 e. The van der Waals surface area contributed by atoms with E-state index in [-0.39, 0.29) is 22.7 Å². The van der Waals surface area contributed by atoms with E-state index >= 15 is 0 Å². The molecule has 1 heterocycles. The Balaban J connectivity index is 1.60. The summed E-state index contributed by atoms with van der Waals surface area (Å²) in [6, 6.07) is 5.68. The third kappa shape index (κ3) is 4.37. The van der Waals surface area contributed by atoms with Crippen LogP contribution in [0.2, 0.25) is 0 Å². The van der Waals surface area contributed by atoms with Crippen molar-refractivity contribution in [3.05, 3.63) is 52.3 Å². The highest BCUT2D eigenvalue weighted by Crippen LogP contribution is 2.49. The molecule has 0 aliphatic heterocycles. The van der Waals surface area contributed by atoms with Crippen molar-refractivity contribution in [1.29, 1.82) is 0 Å². The van der Waals surface area contributed by atoms with Gasteiger partial charge in [0.15, 0.2) is 5.78 Å². The first-order valence-corrected chi connectivity index (χ1v) is 12.7. The molecule has 168 valence electrons. The monoisotopic (exact) mass is 444 g/mol. The second kappa shape index (κ2) is 7.59. The van der Waals surface area contributed by atoms with Crippen LogP contribution in [0.25, 0.3) is 0 Å². The van der Waals surface area contributed by atoms with Crippen molar-refractivity contribution in [1.82, 2.24) is 0 Å². The van der Waals surface area contributed by atoms with Crippen LogP contribution in [0.1, 0.15) is 74.8 Å². The molecule has 0 amide bonds. The molecular weight excluding hydrogens is 412 g/mol. The van der Waals surface area contributed by atoms with Crippen LogP contribution < -0.4 is 0 Å². The van der Waals surface area contributed by atoms with E-state index in [0.717, 1.165) is 24.8 Å². The number of rotatable bonds is 8. The Kier molecular flexibility index (Phi) is 5.46. The van der Waals surface area contributed by atoms with Crippen LogP contribution in [0.3, 0.4) is 0 Å². The Morgan fingerprint density at radius 2 is 1.87 bits per heavy atom. The third-order valence-electron chi connectivity index (χ3n) is 7.01. The summed E-state index contributed by atoms with van der Waals surface area (Å²) in [4.78, 5) is 13.0. The fourth-order valence-corrected chi connectivity index (χ4v) is 6.07. The Hall–Kier alpha value is -1.92. The third-order valence-corrected chi connectivity index (χ3v) is 8.54. The lowest BCUT2D eigenvalue weighted by molar-refractivity contribution is -0.116. The van der Waals surface area contributed by atoms with E-state index in [1.807, 2.05) is 0 Å². The summed E-state index contributed by atoms with van der Waals surface area (Å²) in [7, 11) is -3.91. The molecular formula is C25H32O5S. The van der Waals surface area contributed by atoms with Gasteiger partial charge in [-0.25, -0.2) is 8.42 Å². The number of aryl methyl sites for hydroxylation is 1. The molecule has 1 fully saturated rings. The van der Waals surface area contributed by atoms with Crippen molar-refractivity contribution in [2.45, 2.75) is 82.3 Å². The summed E-state index contributed by atoms with van der Waals surface area (Å²) in [5.41, 5.74) is 3.92. The summed E-state index contributed by atoms with van der Waals surface area (Å²) >= 11 is 0. The number of hydrogen-bond donors (Lipinski definition) is 1. The van der Waals surface area contributed by atoms with Crippen molar-refractivity contribution in [2.24, 2.45) is 5.92 Å². The van der Waals surface area contributed by atoms with Crippen LogP contribution >= 0.6 is 0 Å². The Labute approximate surface area is 184 Å². The minimum atomic E-state index is -3.91. The number of aliphatic hydroxyl groups is 1. The number of Topliss-reactive ketones (excluding diaryl/α,β-unsaturated/α-hetero) is 1. The average molecular weight is 445 g/mol. The highest BCUT2D eigenvalue weighted by atomic mass is 32.2.